The van der Waals surface area contributed by atoms with Crippen LogP contribution in [0.5, 0.6) is 0 Å². The van der Waals surface area contributed by atoms with Crippen LogP contribution in [0.4, 0.5) is 16.4 Å². The van der Waals surface area contributed by atoms with Crippen LogP contribution in [0.2, 0.25) is 5.02 Å². The Morgan fingerprint density at radius 3 is 2.59 bits per heavy atom. The van der Waals surface area contributed by atoms with Crippen molar-refractivity contribution >= 4 is 29.3 Å². The van der Waals surface area contributed by atoms with E-state index in [4.69, 9.17) is 11.6 Å². The lowest BCUT2D eigenvalue weighted by Gasteiger charge is -2.34. The highest BCUT2D eigenvalue weighted by molar-refractivity contribution is 6.30. The summed E-state index contributed by atoms with van der Waals surface area (Å²) in [6.45, 7) is 4.60. The van der Waals surface area contributed by atoms with Gasteiger partial charge < -0.3 is 15.1 Å². The van der Waals surface area contributed by atoms with Crippen molar-refractivity contribution in [1.82, 2.24) is 25.1 Å². The molecule has 4 rings (SSSR count). The first kappa shape index (κ1) is 19.2. The molecule has 8 nitrogen and oxygen atoms in total. The molecule has 0 spiro atoms. The highest BCUT2D eigenvalue weighted by Gasteiger charge is 2.25. The summed E-state index contributed by atoms with van der Waals surface area (Å²) in [6, 6.07) is 15.1. The van der Waals surface area contributed by atoms with Gasteiger partial charge in [-0.05, 0) is 58.8 Å². The lowest BCUT2D eigenvalue weighted by Crippen LogP contribution is -2.50. The molecule has 0 bridgehead atoms. The van der Waals surface area contributed by atoms with Crippen molar-refractivity contribution in [2.75, 3.05) is 36.4 Å². The molecule has 1 aliphatic heterocycles. The van der Waals surface area contributed by atoms with E-state index in [-0.39, 0.29) is 6.03 Å². The smallest absolute Gasteiger partial charge is 0.321 e. The average molecular weight is 412 g/mol. The summed E-state index contributed by atoms with van der Waals surface area (Å²) in [5.41, 5.74) is 2.89. The van der Waals surface area contributed by atoms with Gasteiger partial charge in [-0.1, -0.05) is 35.8 Å². The Balaban J connectivity index is 1.41. The number of hydrogen-bond acceptors (Lipinski definition) is 5. The normalized spacial score (nSPS) is 14.1. The molecule has 3 aromatic rings. The Kier molecular flexibility index (Phi) is 5.62. The summed E-state index contributed by atoms with van der Waals surface area (Å²) < 4.78 is 1.75. The van der Waals surface area contributed by atoms with Gasteiger partial charge in [0.1, 0.15) is 0 Å². The highest BCUT2D eigenvalue weighted by Crippen LogP contribution is 2.19. The zero-order valence-electron chi connectivity index (χ0n) is 16.1. The molecule has 0 radical (unpaired) electrons. The average Bonchev–Trinajstić information content (AvgIpc) is 3.25. The second kappa shape index (κ2) is 8.48. The molecule has 0 atom stereocenters. The van der Waals surface area contributed by atoms with E-state index >= 15 is 0 Å². The van der Waals surface area contributed by atoms with Crippen molar-refractivity contribution in [1.29, 1.82) is 0 Å². The zero-order chi connectivity index (χ0) is 20.2. The number of aryl methyl sites for hydroxylation is 1. The highest BCUT2D eigenvalue weighted by atomic mass is 35.5. The Morgan fingerprint density at radius 2 is 1.86 bits per heavy atom. The molecule has 0 unspecified atom stereocenters. The van der Waals surface area contributed by atoms with Crippen LogP contribution >= 0.6 is 11.6 Å². The Morgan fingerprint density at radius 1 is 1.10 bits per heavy atom. The molecule has 0 aliphatic carbocycles. The predicted molar refractivity (Wildman–Crippen MR) is 113 cm³/mol. The minimum absolute atomic E-state index is 0.123. The maximum Gasteiger partial charge on any atom is 0.321 e. The van der Waals surface area contributed by atoms with Gasteiger partial charge in [-0.3, -0.25) is 0 Å². The number of benzene rings is 2. The monoisotopic (exact) mass is 411 g/mol. The molecule has 1 aromatic heterocycles. The molecule has 1 fully saturated rings. The second-order valence-corrected chi connectivity index (χ2v) is 7.26. The number of rotatable bonds is 4. The molecule has 2 amide bonds. The van der Waals surface area contributed by atoms with Gasteiger partial charge in [-0.2, -0.15) is 4.68 Å². The van der Waals surface area contributed by atoms with Crippen LogP contribution in [0.1, 0.15) is 12.5 Å². The molecule has 2 aromatic carbocycles. The van der Waals surface area contributed by atoms with E-state index in [9.17, 15) is 4.79 Å². The summed E-state index contributed by atoms with van der Waals surface area (Å²) in [7, 11) is 0. The van der Waals surface area contributed by atoms with E-state index in [1.165, 1.54) is 5.56 Å². The number of halogens is 1. The quantitative estimate of drug-likeness (QED) is 0.713. The van der Waals surface area contributed by atoms with E-state index < -0.39 is 0 Å². The molecule has 2 heterocycles. The number of tetrazole rings is 1. The number of anilines is 2. The van der Waals surface area contributed by atoms with Crippen molar-refractivity contribution in [3.63, 3.8) is 0 Å². The van der Waals surface area contributed by atoms with Crippen LogP contribution in [0.3, 0.4) is 0 Å². The van der Waals surface area contributed by atoms with Crippen LogP contribution in [-0.2, 0) is 6.42 Å². The predicted octanol–water partition coefficient (Wildman–Crippen LogP) is 3.23. The fourth-order valence-corrected chi connectivity index (χ4v) is 3.43. The Hall–Kier alpha value is -3.13. The number of amides is 2. The summed E-state index contributed by atoms with van der Waals surface area (Å²) in [5.74, 6) is 0.691. The SMILES string of the molecule is CCc1cccc(-n2nnnc2N2CCN(C(=O)Nc3ccc(Cl)cc3)CC2)c1. The molecule has 1 aliphatic rings. The maximum atomic E-state index is 12.5. The lowest BCUT2D eigenvalue weighted by molar-refractivity contribution is 0.208. The van der Waals surface area contributed by atoms with Gasteiger partial charge in [0.05, 0.1) is 5.69 Å². The Bertz CT molecular complexity index is 981. The van der Waals surface area contributed by atoms with E-state index in [0.29, 0.717) is 37.1 Å². The zero-order valence-corrected chi connectivity index (χ0v) is 16.9. The number of nitrogens with zero attached hydrogens (tertiary/aromatic N) is 6. The van der Waals surface area contributed by atoms with Crippen LogP contribution in [0, 0.1) is 0 Å². The first-order valence-corrected chi connectivity index (χ1v) is 9.96. The number of nitrogens with one attached hydrogen (secondary N) is 1. The molecule has 9 heteroatoms. The van der Waals surface area contributed by atoms with Gasteiger partial charge in [-0.15, -0.1) is 0 Å². The fourth-order valence-electron chi connectivity index (χ4n) is 3.30. The molecule has 1 N–H and O–H groups in total. The van der Waals surface area contributed by atoms with E-state index in [1.54, 1.807) is 33.8 Å². The van der Waals surface area contributed by atoms with Crippen LogP contribution < -0.4 is 10.2 Å². The van der Waals surface area contributed by atoms with Crippen molar-refractivity contribution in [2.24, 2.45) is 0 Å². The second-order valence-electron chi connectivity index (χ2n) is 6.83. The van der Waals surface area contributed by atoms with Crippen molar-refractivity contribution in [3.8, 4) is 5.69 Å². The van der Waals surface area contributed by atoms with Crippen molar-refractivity contribution in [2.45, 2.75) is 13.3 Å². The first-order valence-electron chi connectivity index (χ1n) is 9.58. The van der Waals surface area contributed by atoms with Crippen LogP contribution in [0.25, 0.3) is 5.69 Å². The number of carbonyl (C=O) groups excluding carboxylic acids is 1. The molecular formula is C20H22ClN7O. The minimum Gasteiger partial charge on any atom is -0.336 e. The largest absolute Gasteiger partial charge is 0.336 e. The van der Waals surface area contributed by atoms with Crippen molar-refractivity contribution < 1.29 is 4.79 Å². The standard InChI is InChI=1S/C20H22ClN7O/c1-2-15-4-3-5-18(14-15)28-19(23-24-25-28)26-10-12-27(13-11-26)20(29)22-17-8-6-16(21)7-9-17/h3-9,14H,2,10-13H2,1H3,(H,22,29). The van der Waals surface area contributed by atoms with E-state index in [2.05, 4.69) is 44.8 Å². The van der Waals surface area contributed by atoms with Gasteiger partial charge in [0.25, 0.3) is 0 Å². The molecule has 29 heavy (non-hydrogen) atoms. The Labute approximate surface area is 174 Å². The third-order valence-corrected chi connectivity index (χ3v) is 5.21. The van der Waals surface area contributed by atoms with Gasteiger partial charge in [-0.25, -0.2) is 4.79 Å². The summed E-state index contributed by atoms with van der Waals surface area (Å²) in [4.78, 5) is 16.4. The number of carbonyl (C=O) groups is 1. The minimum atomic E-state index is -0.123. The number of urea groups is 1. The van der Waals surface area contributed by atoms with Gasteiger partial charge in [0.2, 0.25) is 5.95 Å². The van der Waals surface area contributed by atoms with Gasteiger partial charge in [0.15, 0.2) is 0 Å². The third-order valence-electron chi connectivity index (χ3n) is 4.96. The molecule has 0 saturated carbocycles. The van der Waals surface area contributed by atoms with Crippen molar-refractivity contribution in [3.05, 3.63) is 59.1 Å². The number of aromatic nitrogens is 4. The van der Waals surface area contributed by atoms with Gasteiger partial charge in [0, 0.05) is 36.9 Å². The van der Waals surface area contributed by atoms with Gasteiger partial charge >= 0.3 is 6.03 Å². The maximum absolute atomic E-state index is 12.5. The third kappa shape index (κ3) is 4.32. The van der Waals surface area contributed by atoms with Crippen LogP contribution in [0.15, 0.2) is 48.5 Å². The summed E-state index contributed by atoms with van der Waals surface area (Å²) in [6.07, 6.45) is 0.951. The summed E-state index contributed by atoms with van der Waals surface area (Å²) >= 11 is 5.89. The molecular weight excluding hydrogens is 390 g/mol. The molecule has 1 saturated heterocycles. The van der Waals surface area contributed by atoms with E-state index in [0.717, 1.165) is 17.8 Å². The first-order chi connectivity index (χ1) is 14.1. The fraction of sp³-hybridized carbons (Fsp3) is 0.300. The molecule has 150 valence electrons. The van der Waals surface area contributed by atoms with E-state index in [1.807, 2.05) is 12.1 Å². The number of piperazine rings is 1. The lowest BCUT2D eigenvalue weighted by atomic mass is 10.1. The summed E-state index contributed by atoms with van der Waals surface area (Å²) in [5, 5.41) is 15.8. The number of hydrogen-bond donors (Lipinski definition) is 1. The topological polar surface area (TPSA) is 79.2 Å². The van der Waals surface area contributed by atoms with Crippen LogP contribution in [-0.4, -0.2) is 57.3 Å².